The Morgan fingerprint density at radius 3 is 2.70 bits per heavy atom. The zero-order valence-electron chi connectivity index (χ0n) is 11.0. The molecule has 1 aliphatic heterocycles. The van der Waals surface area contributed by atoms with Crippen LogP contribution in [0.2, 0.25) is 5.02 Å². The Morgan fingerprint density at radius 1 is 1.25 bits per heavy atom. The maximum Gasteiger partial charge on any atom is 0.125 e. The third kappa shape index (κ3) is 2.87. The van der Waals surface area contributed by atoms with Gasteiger partial charge in [-0.05, 0) is 35.9 Å². The van der Waals surface area contributed by atoms with Crippen LogP contribution in [-0.2, 0) is 0 Å². The molecule has 1 atom stereocenters. The highest BCUT2D eigenvalue weighted by atomic mass is 35.5. The summed E-state index contributed by atoms with van der Waals surface area (Å²) in [7, 11) is 0. The number of furan rings is 1. The number of rotatable bonds is 3. The third-order valence-corrected chi connectivity index (χ3v) is 3.75. The lowest BCUT2D eigenvalue weighted by atomic mass is 10.0. The van der Waals surface area contributed by atoms with Crippen LogP contribution in [-0.4, -0.2) is 31.1 Å². The van der Waals surface area contributed by atoms with Gasteiger partial charge in [-0.2, -0.15) is 0 Å². The van der Waals surface area contributed by atoms with Crippen LogP contribution < -0.4 is 5.32 Å². The molecule has 1 aromatic carbocycles. The molecule has 0 radical (unpaired) electrons. The SMILES string of the molecule is Fc1cc(Cl)cc([C@H](c2ccco2)N2CCNCC2)c1. The fraction of sp³-hybridized carbons (Fsp3) is 0.333. The number of piperazine rings is 1. The highest BCUT2D eigenvalue weighted by Crippen LogP contribution is 2.31. The van der Waals surface area contributed by atoms with Crippen molar-refractivity contribution in [1.82, 2.24) is 10.2 Å². The fourth-order valence-corrected chi connectivity index (χ4v) is 2.91. The molecule has 0 bridgehead atoms. The minimum absolute atomic E-state index is 0.0969. The molecule has 3 nitrogen and oxygen atoms in total. The molecule has 2 heterocycles. The molecule has 2 aromatic rings. The zero-order valence-corrected chi connectivity index (χ0v) is 11.7. The van der Waals surface area contributed by atoms with Crippen LogP contribution in [0.3, 0.4) is 0 Å². The Kier molecular flexibility index (Phi) is 4.05. The van der Waals surface area contributed by atoms with Crippen LogP contribution in [0, 0.1) is 5.82 Å². The lowest BCUT2D eigenvalue weighted by Crippen LogP contribution is -2.45. The van der Waals surface area contributed by atoms with E-state index in [1.54, 1.807) is 12.3 Å². The summed E-state index contributed by atoms with van der Waals surface area (Å²) in [5, 5.41) is 3.73. The van der Waals surface area contributed by atoms with E-state index < -0.39 is 0 Å². The van der Waals surface area contributed by atoms with Crippen molar-refractivity contribution in [3.05, 3.63) is 58.8 Å². The van der Waals surface area contributed by atoms with E-state index in [0.29, 0.717) is 5.02 Å². The van der Waals surface area contributed by atoms with Crippen LogP contribution in [0.5, 0.6) is 0 Å². The molecule has 0 unspecified atom stereocenters. The van der Waals surface area contributed by atoms with Crippen molar-refractivity contribution in [1.29, 1.82) is 0 Å². The highest BCUT2D eigenvalue weighted by molar-refractivity contribution is 6.30. The first-order valence-corrected chi connectivity index (χ1v) is 7.06. The van der Waals surface area contributed by atoms with E-state index in [9.17, 15) is 4.39 Å². The third-order valence-electron chi connectivity index (χ3n) is 3.53. The second-order valence-electron chi connectivity index (χ2n) is 4.91. The van der Waals surface area contributed by atoms with Crippen LogP contribution in [0.15, 0.2) is 41.0 Å². The van der Waals surface area contributed by atoms with Crippen molar-refractivity contribution in [3.8, 4) is 0 Å². The van der Waals surface area contributed by atoms with Gasteiger partial charge in [-0.1, -0.05) is 11.6 Å². The van der Waals surface area contributed by atoms with E-state index >= 15 is 0 Å². The first kappa shape index (κ1) is 13.6. The minimum Gasteiger partial charge on any atom is -0.467 e. The maximum absolute atomic E-state index is 13.7. The molecular formula is C15H16ClFN2O. The summed E-state index contributed by atoms with van der Waals surface area (Å²) in [5.41, 5.74) is 0.826. The predicted molar refractivity (Wildman–Crippen MR) is 76.4 cm³/mol. The molecule has 20 heavy (non-hydrogen) atoms. The molecule has 5 heteroatoms. The van der Waals surface area contributed by atoms with Crippen molar-refractivity contribution in [3.63, 3.8) is 0 Å². The molecule has 106 valence electrons. The van der Waals surface area contributed by atoms with Crippen molar-refractivity contribution in [2.45, 2.75) is 6.04 Å². The van der Waals surface area contributed by atoms with Gasteiger partial charge in [0.1, 0.15) is 11.6 Å². The Morgan fingerprint density at radius 2 is 2.05 bits per heavy atom. The first-order valence-electron chi connectivity index (χ1n) is 6.68. The number of hydrogen-bond acceptors (Lipinski definition) is 3. The Bertz CT molecular complexity index is 547. The molecular weight excluding hydrogens is 279 g/mol. The van der Waals surface area contributed by atoms with E-state index in [0.717, 1.165) is 37.5 Å². The molecule has 1 aromatic heterocycles. The monoisotopic (exact) mass is 294 g/mol. The molecule has 0 amide bonds. The molecule has 0 saturated carbocycles. The second kappa shape index (κ2) is 5.95. The number of benzene rings is 1. The van der Waals surface area contributed by atoms with Gasteiger partial charge in [-0.3, -0.25) is 4.90 Å². The number of nitrogens with zero attached hydrogens (tertiary/aromatic N) is 1. The summed E-state index contributed by atoms with van der Waals surface area (Å²) >= 11 is 5.99. The molecule has 0 spiro atoms. The average Bonchev–Trinajstić information content (AvgIpc) is 2.93. The van der Waals surface area contributed by atoms with Crippen molar-refractivity contribution >= 4 is 11.6 Å². The fourth-order valence-electron chi connectivity index (χ4n) is 2.68. The Balaban J connectivity index is 2.00. The van der Waals surface area contributed by atoms with Crippen LogP contribution in [0.25, 0.3) is 0 Å². The second-order valence-corrected chi connectivity index (χ2v) is 5.34. The van der Waals surface area contributed by atoms with Crippen molar-refractivity contribution in [2.75, 3.05) is 26.2 Å². The van der Waals surface area contributed by atoms with Gasteiger partial charge in [0, 0.05) is 31.2 Å². The van der Waals surface area contributed by atoms with Crippen LogP contribution in [0.4, 0.5) is 4.39 Å². The number of halogens is 2. The zero-order chi connectivity index (χ0) is 13.9. The van der Waals surface area contributed by atoms with Crippen LogP contribution in [0.1, 0.15) is 17.4 Å². The maximum atomic E-state index is 13.7. The van der Waals surface area contributed by atoms with Gasteiger partial charge in [0.25, 0.3) is 0 Å². The average molecular weight is 295 g/mol. The smallest absolute Gasteiger partial charge is 0.125 e. The minimum atomic E-state index is -0.320. The van der Waals surface area contributed by atoms with Gasteiger partial charge >= 0.3 is 0 Å². The topological polar surface area (TPSA) is 28.4 Å². The van der Waals surface area contributed by atoms with Gasteiger partial charge in [-0.25, -0.2) is 4.39 Å². The largest absolute Gasteiger partial charge is 0.467 e. The summed E-state index contributed by atoms with van der Waals surface area (Å²) < 4.78 is 19.2. The van der Waals surface area contributed by atoms with E-state index in [-0.39, 0.29) is 11.9 Å². The summed E-state index contributed by atoms with van der Waals surface area (Å²) in [6, 6.07) is 8.33. The molecule has 1 saturated heterocycles. The standard InChI is InChI=1S/C15H16ClFN2O/c16-12-8-11(9-13(17)10-12)15(14-2-1-7-20-14)19-5-3-18-4-6-19/h1-2,7-10,15,18H,3-6H2/t15-/m1/s1. The summed E-state index contributed by atoms with van der Waals surface area (Å²) in [4.78, 5) is 2.28. The van der Waals surface area contributed by atoms with E-state index in [1.807, 2.05) is 12.1 Å². The molecule has 0 aliphatic carbocycles. The first-order chi connectivity index (χ1) is 9.74. The van der Waals surface area contributed by atoms with Gasteiger partial charge in [0.15, 0.2) is 0 Å². The lowest BCUT2D eigenvalue weighted by Gasteiger charge is -2.34. The van der Waals surface area contributed by atoms with Gasteiger partial charge in [-0.15, -0.1) is 0 Å². The molecule has 1 aliphatic rings. The normalized spacial score (nSPS) is 18.1. The molecule has 1 fully saturated rings. The van der Waals surface area contributed by atoms with E-state index in [2.05, 4.69) is 10.2 Å². The number of hydrogen-bond donors (Lipinski definition) is 1. The summed E-state index contributed by atoms with van der Waals surface area (Å²) in [5.74, 6) is 0.493. The lowest BCUT2D eigenvalue weighted by molar-refractivity contribution is 0.180. The van der Waals surface area contributed by atoms with Gasteiger partial charge < -0.3 is 9.73 Å². The van der Waals surface area contributed by atoms with E-state index in [1.165, 1.54) is 12.1 Å². The predicted octanol–water partition coefficient (Wildman–Crippen LogP) is 3.07. The van der Waals surface area contributed by atoms with Crippen LogP contribution >= 0.6 is 11.6 Å². The summed E-state index contributed by atoms with van der Waals surface area (Å²) in [6.07, 6.45) is 1.64. The molecule has 3 rings (SSSR count). The van der Waals surface area contributed by atoms with E-state index in [4.69, 9.17) is 16.0 Å². The number of nitrogens with one attached hydrogen (secondary N) is 1. The Hall–Kier alpha value is -1.36. The Labute approximate surface area is 122 Å². The van der Waals surface area contributed by atoms with Gasteiger partial charge in [0.2, 0.25) is 0 Å². The molecule has 1 N–H and O–H groups in total. The van der Waals surface area contributed by atoms with Gasteiger partial charge in [0.05, 0.1) is 12.3 Å². The quantitative estimate of drug-likeness (QED) is 0.943. The summed E-state index contributed by atoms with van der Waals surface area (Å²) in [6.45, 7) is 3.61. The highest BCUT2D eigenvalue weighted by Gasteiger charge is 2.26. The van der Waals surface area contributed by atoms with Crippen molar-refractivity contribution in [2.24, 2.45) is 0 Å². The van der Waals surface area contributed by atoms with Crippen molar-refractivity contribution < 1.29 is 8.81 Å².